The second kappa shape index (κ2) is 9.18. The Morgan fingerprint density at radius 3 is 2.29 bits per heavy atom. The van der Waals surface area contributed by atoms with Crippen LogP contribution in [0.2, 0.25) is 0 Å². The van der Waals surface area contributed by atoms with Crippen molar-refractivity contribution in [2.75, 3.05) is 16.4 Å². The largest absolute Gasteiger partial charge is 0.326 e. The highest BCUT2D eigenvalue weighted by molar-refractivity contribution is 7.99. The topological polar surface area (TPSA) is 88.9 Å². The molecule has 3 aromatic rings. The van der Waals surface area contributed by atoms with Crippen molar-refractivity contribution in [3.63, 3.8) is 0 Å². The van der Waals surface area contributed by atoms with Gasteiger partial charge in [0.15, 0.2) is 5.16 Å². The van der Waals surface area contributed by atoms with Gasteiger partial charge in [-0.1, -0.05) is 47.7 Å². The zero-order chi connectivity index (χ0) is 19.9. The van der Waals surface area contributed by atoms with E-state index in [1.165, 1.54) is 11.8 Å². The maximum Gasteiger partial charge on any atom is 0.234 e. The van der Waals surface area contributed by atoms with Crippen molar-refractivity contribution < 1.29 is 9.59 Å². The molecule has 0 bridgehead atoms. The number of anilines is 2. The lowest BCUT2D eigenvalue weighted by Crippen LogP contribution is -2.17. The van der Waals surface area contributed by atoms with Crippen LogP contribution in [0.1, 0.15) is 11.4 Å². The molecule has 0 unspecified atom stereocenters. The Bertz CT molecular complexity index is 954. The highest BCUT2D eigenvalue weighted by Gasteiger charge is 2.14. The molecule has 144 valence electrons. The van der Waals surface area contributed by atoms with Crippen molar-refractivity contribution in [3.8, 4) is 0 Å². The van der Waals surface area contributed by atoms with Gasteiger partial charge in [-0.15, -0.1) is 10.2 Å². The molecule has 2 amide bonds. The number of carbonyl (C=O) groups excluding carboxylic acids is 2. The molecule has 0 atom stereocenters. The number of nitrogens with one attached hydrogen (secondary N) is 2. The molecular formula is C20H21N5O2S. The second-order valence-electron chi connectivity index (χ2n) is 6.25. The number of hydrogen-bond donors (Lipinski definition) is 2. The standard InChI is InChI=1S/C20H21N5O2S/c1-14-8-10-16(11-9-14)22-19(27)13-28-20-24-23-17(25(20)2)12-18(26)21-15-6-4-3-5-7-15/h3-11H,12-13H2,1-2H3,(H,21,26)(H,22,27). The van der Waals surface area contributed by atoms with E-state index in [9.17, 15) is 9.59 Å². The number of aromatic nitrogens is 3. The molecule has 0 saturated carbocycles. The van der Waals surface area contributed by atoms with Crippen molar-refractivity contribution in [1.82, 2.24) is 14.8 Å². The minimum Gasteiger partial charge on any atom is -0.326 e. The van der Waals surface area contributed by atoms with E-state index in [1.54, 1.807) is 11.6 Å². The summed E-state index contributed by atoms with van der Waals surface area (Å²) in [6.07, 6.45) is 0.106. The minimum absolute atomic E-state index is 0.106. The molecular weight excluding hydrogens is 374 g/mol. The van der Waals surface area contributed by atoms with E-state index in [0.29, 0.717) is 11.0 Å². The Morgan fingerprint density at radius 2 is 1.57 bits per heavy atom. The van der Waals surface area contributed by atoms with Crippen LogP contribution in [-0.4, -0.2) is 32.3 Å². The van der Waals surface area contributed by atoms with Gasteiger partial charge in [-0.05, 0) is 31.2 Å². The maximum atomic E-state index is 12.2. The van der Waals surface area contributed by atoms with Crippen molar-refractivity contribution >= 4 is 35.0 Å². The van der Waals surface area contributed by atoms with Gasteiger partial charge < -0.3 is 15.2 Å². The molecule has 1 aromatic heterocycles. The Kier molecular flexibility index (Phi) is 6.44. The smallest absolute Gasteiger partial charge is 0.234 e. The van der Waals surface area contributed by atoms with Crippen molar-refractivity contribution in [1.29, 1.82) is 0 Å². The number of hydrogen-bond acceptors (Lipinski definition) is 5. The van der Waals surface area contributed by atoms with Gasteiger partial charge >= 0.3 is 0 Å². The normalized spacial score (nSPS) is 10.5. The highest BCUT2D eigenvalue weighted by Crippen LogP contribution is 2.17. The summed E-state index contributed by atoms with van der Waals surface area (Å²) in [5.74, 6) is 0.446. The van der Waals surface area contributed by atoms with Crippen LogP contribution in [-0.2, 0) is 23.1 Å². The van der Waals surface area contributed by atoms with Gasteiger partial charge in [-0.25, -0.2) is 0 Å². The summed E-state index contributed by atoms with van der Waals surface area (Å²) in [4.78, 5) is 24.3. The van der Waals surface area contributed by atoms with E-state index < -0.39 is 0 Å². The molecule has 8 heteroatoms. The number of thioether (sulfide) groups is 1. The number of rotatable bonds is 7. The second-order valence-corrected chi connectivity index (χ2v) is 7.19. The molecule has 28 heavy (non-hydrogen) atoms. The molecule has 2 N–H and O–H groups in total. The van der Waals surface area contributed by atoms with E-state index in [4.69, 9.17) is 0 Å². The monoisotopic (exact) mass is 395 g/mol. The van der Waals surface area contributed by atoms with Crippen LogP contribution < -0.4 is 10.6 Å². The fourth-order valence-corrected chi connectivity index (χ4v) is 3.19. The van der Waals surface area contributed by atoms with Gasteiger partial charge in [0.05, 0.1) is 12.2 Å². The zero-order valence-electron chi connectivity index (χ0n) is 15.7. The predicted octanol–water partition coefficient (Wildman–Crippen LogP) is 3.04. The van der Waals surface area contributed by atoms with Crippen LogP contribution in [0.3, 0.4) is 0 Å². The Balaban J connectivity index is 1.52. The average Bonchev–Trinajstić information content (AvgIpc) is 3.02. The van der Waals surface area contributed by atoms with Gasteiger partial charge in [0, 0.05) is 18.4 Å². The maximum absolute atomic E-state index is 12.2. The zero-order valence-corrected chi connectivity index (χ0v) is 16.5. The SMILES string of the molecule is Cc1ccc(NC(=O)CSc2nnc(CC(=O)Nc3ccccc3)n2C)cc1. The van der Waals surface area contributed by atoms with E-state index >= 15 is 0 Å². The molecule has 7 nitrogen and oxygen atoms in total. The number of aryl methyl sites for hydroxylation is 1. The van der Waals surface area contributed by atoms with Crippen LogP contribution >= 0.6 is 11.8 Å². The quantitative estimate of drug-likeness (QED) is 0.600. The molecule has 0 aliphatic carbocycles. The van der Waals surface area contributed by atoms with Crippen molar-refractivity contribution in [2.45, 2.75) is 18.5 Å². The van der Waals surface area contributed by atoms with Crippen LogP contribution in [0.5, 0.6) is 0 Å². The van der Waals surface area contributed by atoms with E-state index in [1.807, 2.05) is 61.5 Å². The predicted molar refractivity (Wildman–Crippen MR) is 110 cm³/mol. The van der Waals surface area contributed by atoms with Crippen LogP contribution in [0.25, 0.3) is 0 Å². The fourth-order valence-electron chi connectivity index (χ4n) is 2.46. The van der Waals surface area contributed by atoms with Gasteiger partial charge in [0.25, 0.3) is 0 Å². The molecule has 3 rings (SSSR count). The summed E-state index contributed by atoms with van der Waals surface area (Å²) >= 11 is 1.28. The van der Waals surface area contributed by atoms with Crippen molar-refractivity contribution in [2.24, 2.45) is 7.05 Å². The molecule has 0 aliphatic rings. The first kappa shape index (κ1) is 19.6. The summed E-state index contributed by atoms with van der Waals surface area (Å²) in [7, 11) is 1.78. The first-order valence-corrected chi connectivity index (χ1v) is 9.72. The van der Waals surface area contributed by atoms with E-state index in [-0.39, 0.29) is 24.0 Å². The third-order valence-corrected chi connectivity index (χ3v) is 4.99. The number of carbonyl (C=O) groups is 2. The first-order valence-electron chi connectivity index (χ1n) is 8.74. The van der Waals surface area contributed by atoms with Crippen LogP contribution in [0, 0.1) is 6.92 Å². The number of nitrogens with zero attached hydrogens (tertiary/aromatic N) is 3. The number of amides is 2. The van der Waals surface area contributed by atoms with E-state index in [0.717, 1.165) is 16.9 Å². The van der Waals surface area contributed by atoms with E-state index in [2.05, 4.69) is 20.8 Å². The lowest BCUT2D eigenvalue weighted by Gasteiger charge is -2.06. The summed E-state index contributed by atoms with van der Waals surface area (Å²) < 4.78 is 1.73. The third kappa shape index (κ3) is 5.43. The van der Waals surface area contributed by atoms with Crippen molar-refractivity contribution in [3.05, 3.63) is 66.0 Å². The molecule has 0 fully saturated rings. The minimum atomic E-state index is -0.171. The fraction of sp³-hybridized carbons (Fsp3) is 0.200. The molecule has 1 heterocycles. The molecule has 0 aliphatic heterocycles. The lowest BCUT2D eigenvalue weighted by molar-refractivity contribution is -0.116. The summed E-state index contributed by atoms with van der Waals surface area (Å²) in [5, 5.41) is 14.4. The van der Waals surface area contributed by atoms with Gasteiger partial charge in [0.1, 0.15) is 5.82 Å². The highest BCUT2D eigenvalue weighted by atomic mass is 32.2. The lowest BCUT2D eigenvalue weighted by atomic mass is 10.2. The molecule has 0 radical (unpaired) electrons. The van der Waals surface area contributed by atoms with Gasteiger partial charge in [0.2, 0.25) is 11.8 Å². The number of benzene rings is 2. The summed E-state index contributed by atoms with van der Waals surface area (Å²) in [6, 6.07) is 16.9. The summed E-state index contributed by atoms with van der Waals surface area (Å²) in [6.45, 7) is 1.99. The average molecular weight is 395 g/mol. The first-order chi connectivity index (χ1) is 13.5. The molecule has 2 aromatic carbocycles. The summed E-state index contributed by atoms with van der Waals surface area (Å²) in [5.41, 5.74) is 2.62. The third-order valence-electron chi connectivity index (χ3n) is 3.97. The van der Waals surface area contributed by atoms with Gasteiger partial charge in [-0.3, -0.25) is 9.59 Å². The Hall–Kier alpha value is -3.13. The Labute approximate surface area is 167 Å². The Morgan fingerprint density at radius 1 is 0.929 bits per heavy atom. The van der Waals surface area contributed by atoms with Crippen LogP contribution in [0.15, 0.2) is 59.8 Å². The molecule has 0 saturated heterocycles. The molecule has 0 spiro atoms. The van der Waals surface area contributed by atoms with Crippen LogP contribution in [0.4, 0.5) is 11.4 Å². The number of para-hydroxylation sites is 1. The van der Waals surface area contributed by atoms with Gasteiger partial charge in [-0.2, -0.15) is 0 Å².